The number of aromatic nitrogens is 1. The van der Waals surface area contributed by atoms with E-state index in [0.29, 0.717) is 12.4 Å². The fraction of sp³-hybridized carbons (Fsp3) is 0.692. The van der Waals surface area contributed by atoms with Crippen molar-refractivity contribution in [2.24, 2.45) is 0 Å². The third kappa shape index (κ3) is 4.04. The van der Waals surface area contributed by atoms with Crippen LogP contribution in [0.4, 0.5) is 5.88 Å². The first-order chi connectivity index (χ1) is 9.04. The van der Waals surface area contributed by atoms with Crippen molar-refractivity contribution in [3.8, 4) is 0 Å². The van der Waals surface area contributed by atoms with Crippen LogP contribution < -0.4 is 5.32 Å². The number of nitrogens with one attached hydrogen (secondary N) is 1. The molecule has 0 aromatic carbocycles. The fourth-order valence-corrected chi connectivity index (χ4v) is 2.17. The predicted molar refractivity (Wildman–Crippen MR) is 70.9 cm³/mol. The summed E-state index contributed by atoms with van der Waals surface area (Å²) in [6.07, 6.45) is 1.42. The van der Waals surface area contributed by atoms with Gasteiger partial charge < -0.3 is 9.63 Å². The van der Waals surface area contributed by atoms with Gasteiger partial charge in [0.15, 0.2) is 0 Å². The third-order valence-electron chi connectivity index (χ3n) is 3.23. The molecule has 0 aliphatic carbocycles. The van der Waals surface area contributed by atoms with E-state index in [-0.39, 0.29) is 24.5 Å². The molecule has 19 heavy (non-hydrogen) atoms. The normalized spacial score (nSPS) is 20.7. The number of carbonyl (C=O) groups is 1. The van der Waals surface area contributed by atoms with Crippen molar-refractivity contribution in [1.29, 1.82) is 0 Å². The van der Waals surface area contributed by atoms with Crippen LogP contribution in [-0.4, -0.2) is 46.8 Å². The highest BCUT2D eigenvalue weighted by molar-refractivity contribution is 5.90. The van der Waals surface area contributed by atoms with Crippen molar-refractivity contribution in [3.63, 3.8) is 0 Å². The van der Waals surface area contributed by atoms with E-state index in [1.54, 1.807) is 6.07 Å². The van der Waals surface area contributed by atoms with E-state index in [4.69, 9.17) is 4.52 Å². The van der Waals surface area contributed by atoms with E-state index in [1.165, 1.54) is 0 Å². The summed E-state index contributed by atoms with van der Waals surface area (Å²) in [5, 5.41) is 16.1. The van der Waals surface area contributed by atoms with Gasteiger partial charge in [0.2, 0.25) is 11.8 Å². The molecule has 0 saturated carbocycles. The van der Waals surface area contributed by atoms with Crippen molar-refractivity contribution in [3.05, 3.63) is 11.8 Å². The van der Waals surface area contributed by atoms with Gasteiger partial charge in [0.25, 0.3) is 0 Å². The van der Waals surface area contributed by atoms with Crippen molar-refractivity contribution in [2.75, 3.05) is 25.0 Å². The minimum atomic E-state index is -0.320. The number of piperidine rings is 1. The molecule has 0 unspecified atom stereocenters. The molecular weight excluding hydrogens is 246 g/mol. The van der Waals surface area contributed by atoms with Crippen molar-refractivity contribution >= 4 is 11.8 Å². The van der Waals surface area contributed by atoms with E-state index in [9.17, 15) is 9.90 Å². The molecule has 1 aliphatic heterocycles. The van der Waals surface area contributed by atoms with Crippen LogP contribution in [0.3, 0.4) is 0 Å². The van der Waals surface area contributed by atoms with Gasteiger partial charge in [0, 0.05) is 12.6 Å². The highest BCUT2D eigenvalue weighted by Crippen LogP contribution is 2.17. The molecule has 0 bridgehead atoms. The fourth-order valence-electron chi connectivity index (χ4n) is 2.17. The molecular formula is C13H21N3O3. The van der Waals surface area contributed by atoms with Gasteiger partial charge in [-0.3, -0.25) is 15.0 Å². The van der Waals surface area contributed by atoms with E-state index in [1.807, 2.05) is 18.7 Å². The average molecular weight is 267 g/mol. The molecule has 2 heterocycles. The van der Waals surface area contributed by atoms with Gasteiger partial charge in [-0.1, -0.05) is 19.0 Å². The topological polar surface area (TPSA) is 78.6 Å². The Morgan fingerprint density at radius 1 is 1.68 bits per heavy atom. The highest BCUT2D eigenvalue weighted by Gasteiger charge is 2.20. The van der Waals surface area contributed by atoms with Gasteiger partial charge in [-0.25, -0.2) is 0 Å². The van der Waals surface area contributed by atoms with Crippen LogP contribution in [0.1, 0.15) is 38.3 Å². The standard InChI is InChI=1S/C13H21N3O3/c1-9(2)11-6-13(19-15-11)14-12(18)8-16-5-3-4-10(17)7-16/h6,9-10,17H,3-5,7-8H2,1-2H3,(H,14,18)/t10-/m1/s1. The number of nitrogens with zero attached hydrogens (tertiary/aromatic N) is 2. The van der Waals surface area contributed by atoms with Crippen molar-refractivity contribution < 1.29 is 14.4 Å². The van der Waals surface area contributed by atoms with Gasteiger partial charge in [-0.15, -0.1) is 0 Å². The predicted octanol–water partition coefficient (Wildman–Crippen LogP) is 1.19. The lowest BCUT2D eigenvalue weighted by Gasteiger charge is -2.29. The summed E-state index contributed by atoms with van der Waals surface area (Å²) in [6.45, 7) is 5.70. The number of aliphatic hydroxyl groups excluding tert-OH is 1. The SMILES string of the molecule is CC(C)c1cc(NC(=O)CN2CCC[C@@H](O)C2)on1. The molecule has 6 heteroatoms. The first-order valence-electron chi connectivity index (χ1n) is 6.71. The molecule has 1 aromatic heterocycles. The van der Waals surface area contributed by atoms with E-state index in [0.717, 1.165) is 25.1 Å². The van der Waals surface area contributed by atoms with Gasteiger partial charge in [-0.05, 0) is 25.3 Å². The van der Waals surface area contributed by atoms with Crippen LogP contribution in [0.25, 0.3) is 0 Å². The summed E-state index contributed by atoms with van der Waals surface area (Å²) in [4.78, 5) is 13.8. The number of β-amino-alcohol motifs (C(OH)–C–C–N with tert-alkyl or cyclic N) is 1. The Morgan fingerprint density at radius 3 is 3.11 bits per heavy atom. The highest BCUT2D eigenvalue weighted by atomic mass is 16.5. The summed E-state index contributed by atoms with van der Waals surface area (Å²) in [5.74, 6) is 0.512. The monoisotopic (exact) mass is 267 g/mol. The quantitative estimate of drug-likeness (QED) is 0.856. The lowest BCUT2D eigenvalue weighted by atomic mass is 10.1. The molecule has 1 fully saturated rings. The zero-order valence-electron chi connectivity index (χ0n) is 11.4. The zero-order valence-corrected chi connectivity index (χ0v) is 11.4. The van der Waals surface area contributed by atoms with Gasteiger partial charge >= 0.3 is 0 Å². The van der Waals surface area contributed by atoms with E-state index in [2.05, 4.69) is 10.5 Å². The van der Waals surface area contributed by atoms with Crippen molar-refractivity contribution in [2.45, 2.75) is 38.7 Å². The number of hydrogen-bond donors (Lipinski definition) is 2. The van der Waals surface area contributed by atoms with Crippen LogP contribution in [0, 0.1) is 0 Å². The maximum atomic E-state index is 11.8. The molecule has 0 radical (unpaired) electrons. The molecule has 1 aliphatic rings. The number of likely N-dealkylation sites (tertiary alicyclic amines) is 1. The second-order valence-corrected chi connectivity index (χ2v) is 5.35. The summed E-state index contributed by atoms with van der Waals surface area (Å²) in [6, 6.07) is 1.74. The number of rotatable bonds is 4. The molecule has 1 atom stereocenters. The Morgan fingerprint density at radius 2 is 2.47 bits per heavy atom. The lowest BCUT2D eigenvalue weighted by Crippen LogP contribution is -2.42. The first kappa shape index (κ1) is 14.0. The zero-order chi connectivity index (χ0) is 13.8. The van der Waals surface area contributed by atoms with E-state index >= 15 is 0 Å². The van der Waals surface area contributed by atoms with Gasteiger partial charge in [0.05, 0.1) is 18.3 Å². The maximum Gasteiger partial charge on any atom is 0.240 e. The number of aliphatic hydroxyl groups is 1. The molecule has 106 valence electrons. The Hall–Kier alpha value is -1.40. The van der Waals surface area contributed by atoms with Crippen LogP contribution in [0.2, 0.25) is 0 Å². The average Bonchev–Trinajstić information content (AvgIpc) is 2.77. The summed E-state index contributed by atoms with van der Waals surface area (Å²) >= 11 is 0. The number of anilines is 1. The Labute approximate surface area is 112 Å². The summed E-state index contributed by atoms with van der Waals surface area (Å²) in [7, 11) is 0. The lowest BCUT2D eigenvalue weighted by molar-refractivity contribution is -0.118. The largest absolute Gasteiger partial charge is 0.392 e. The molecule has 1 saturated heterocycles. The third-order valence-corrected chi connectivity index (χ3v) is 3.23. The van der Waals surface area contributed by atoms with Crippen LogP contribution in [-0.2, 0) is 4.79 Å². The Bertz CT molecular complexity index is 431. The second kappa shape index (κ2) is 6.16. The second-order valence-electron chi connectivity index (χ2n) is 5.35. The molecule has 1 aromatic rings. The Kier molecular flexibility index (Phi) is 4.55. The molecule has 1 amide bonds. The first-order valence-corrected chi connectivity index (χ1v) is 6.71. The molecule has 0 spiro atoms. The summed E-state index contributed by atoms with van der Waals surface area (Å²) < 4.78 is 5.06. The van der Waals surface area contributed by atoms with Gasteiger partial charge in [-0.2, -0.15) is 0 Å². The number of carbonyl (C=O) groups excluding carboxylic acids is 1. The Balaban J connectivity index is 1.83. The molecule has 2 rings (SSSR count). The number of amides is 1. The maximum absolute atomic E-state index is 11.8. The molecule has 6 nitrogen and oxygen atoms in total. The molecule has 2 N–H and O–H groups in total. The van der Waals surface area contributed by atoms with Crippen LogP contribution >= 0.6 is 0 Å². The number of hydrogen-bond acceptors (Lipinski definition) is 5. The minimum Gasteiger partial charge on any atom is -0.392 e. The smallest absolute Gasteiger partial charge is 0.240 e. The van der Waals surface area contributed by atoms with Crippen molar-refractivity contribution in [1.82, 2.24) is 10.1 Å². The summed E-state index contributed by atoms with van der Waals surface area (Å²) in [5.41, 5.74) is 0.823. The van der Waals surface area contributed by atoms with Crippen LogP contribution in [0.5, 0.6) is 0 Å². The van der Waals surface area contributed by atoms with Gasteiger partial charge in [0.1, 0.15) is 0 Å². The minimum absolute atomic E-state index is 0.138. The van der Waals surface area contributed by atoms with Crippen LogP contribution in [0.15, 0.2) is 10.6 Å². The van der Waals surface area contributed by atoms with E-state index < -0.39 is 0 Å².